The summed E-state index contributed by atoms with van der Waals surface area (Å²) >= 11 is 3.43. The molecule has 28 heavy (non-hydrogen) atoms. The van der Waals surface area contributed by atoms with Crippen LogP contribution in [0.1, 0.15) is 42.6 Å². The minimum atomic E-state index is -0.156. The van der Waals surface area contributed by atoms with Gasteiger partial charge in [0.25, 0.3) is 5.91 Å². The largest absolute Gasteiger partial charge is 0.303 e. The van der Waals surface area contributed by atoms with Crippen molar-refractivity contribution in [3.63, 3.8) is 0 Å². The molecule has 6 heteroatoms. The number of benzene rings is 2. The molecule has 1 heterocycles. The van der Waals surface area contributed by atoms with Gasteiger partial charge in [-0.2, -0.15) is 0 Å². The first-order chi connectivity index (χ1) is 13.5. The lowest BCUT2D eigenvalue weighted by atomic mass is 10.1. The van der Waals surface area contributed by atoms with Crippen molar-refractivity contribution in [1.82, 2.24) is 15.8 Å². The molecule has 0 radical (unpaired) electrons. The van der Waals surface area contributed by atoms with Gasteiger partial charge in [0, 0.05) is 17.0 Å². The third-order valence-corrected chi connectivity index (χ3v) is 6.48. The Morgan fingerprint density at radius 1 is 1.14 bits per heavy atom. The Morgan fingerprint density at radius 3 is 2.61 bits per heavy atom. The second-order valence-corrected chi connectivity index (χ2v) is 9.30. The molecule has 0 saturated carbocycles. The Balaban J connectivity index is 1.48. The molecule has 2 N–H and O–H groups in total. The van der Waals surface area contributed by atoms with E-state index in [1.807, 2.05) is 42.5 Å². The van der Waals surface area contributed by atoms with Gasteiger partial charge in [0.05, 0.1) is 10.2 Å². The molecule has 0 aliphatic rings. The highest BCUT2D eigenvalue weighted by atomic mass is 32.2. The van der Waals surface area contributed by atoms with E-state index in [9.17, 15) is 4.79 Å². The van der Waals surface area contributed by atoms with Crippen molar-refractivity contribution >= 4 is 39.2 Å². The van der Waals surface area contributed by atoms with E-state index >= 15 is 0 Å². The monoisotopic (exact) mass is 411 g/mol. The Bertz CT molecular complexity index is 915. The highest BCUT2D eigenvalue weighted by molar-refractivity contribution is 8.00. The standard InChI is InChI=1S/C22H25N3OS2/c1-15(2)8-9-16(3)24-25-21(26)18-12-10-17(11-13-18)14-27-22-23-19-6-4-5-7-20(19)28-22/h4-7,10-13,15,24H,3,8-9,14H2,1-2H3,(H,25,26). The van der Waals surface area contributed by atoms with Gasteiger partial charge >= 0.3 is 0 Å². The fourth-order valence-electron chi connectivity index (χ4n) is 2.55. The molecular formula is C22H25N3OS2. The minimum Gasteiger partial charge on any atom is -0.303 e. The van der Waals surface area contributed by atoms with Crippen molar-refractivity contribution in [3.8, 4) is 0 Å². The molecule has 3 rings (SSSR count). The first kappa shape index (κ1) is 20.4. The van der Waals surface area contributed by atoms with E-state index in [1.165, 1.54) is 4.70 Å². The van der Waals surface area contributed by atoms with Crippen LogP contribution in [-0.2, 0) is 5.75 Å². The second-order valence-electron chi connectivity index (χ2n) is 7.05. The molecule has 0 aliphatic carbocycles. The van der Waals surface area contributed by atoms with Crippen LogP contribution in [0.25, 0.3) is 10.2 Å². The van der Waals surface area contributed by atoms with Gasteiger partial charge in [-0.1, -0.05) is 56.5 Å². The number of nitrogens with one attached hydrogen (secondary N) is 2. The summed E-state index contributed by atoms with van der Waals surface area (Å²) in [6, 6.07) is 15.8. The maximum Gasteiger partial charge on any atom is 0.269 e. The maximum atomic E-state index is 12.2. The summed E-state index contributed by atoms with van der Waals surface area (Å²) < 4.78 is 2.27. The van der Waals surface area contributed by atoms with Crippen LogP contribution in [0.5, 0.6) is 0 Å². The van der Waals surface area contributed by atoms with E-state index in [0.717, 1.165) is 39.7 Å². The number of nitrogens with zero attached hydrogens (tertiary/aromatic N) is 1. The Kier molecular flexibility index (Phi) is 7.12. The van der Waals surface area contributed by atoms with Gasteiger partial charge in [0.1, 0.15) is 0 Å². The summed E-state index contributed by atoms with van der Waals surface area (Å²) in [6.07, 6.45) is 1.89. The van der Waals surface area contributed by atoms with E-state index < -0.39 is 0 Å². The zero-order valence-electron chi connectivity index (χ0n) is 16.2. The van der Waals surface area contributed by atoms with Crippen molar-refractivity contribution < 1.29 is 4.79 Å². The number of carbonyl (C=O) groups is 1. The van der Waals surface area contributed by atoms with Gasteiger partial charge in [0.2, 0.25) is 0 Å². The summed E-state index contributed by atoms with van der Waals surface area (Å²) in [4.78, 5) is 16.9. The Hall–Kier alpha value is -2.31. The van der Waals surface area contributed by atoms with E-state index in [4.69, 9.17) is 0 Å². The first-order valence-electron chi connectivity index (χ1n) is 9.32. The number of para-hydroxylation sites is 1. The van der Waals surface area contributed by atoms with Crippen molar-refractivity contribution in [1.29, 1.82) is 0 Å². The SMILES string of the molecule is C=C(CCC(C)C)NNC(=O)c1ccc(CSc2nc3ccccc3s2)cc1. The number of fused-ring (bicyclic) bond motifs is 1. The van der Waals surface area contributed by atoms with Crippen molar-refractivity contribution in [2.45, 2.75) is 36.8 Å². The van der Waals surface area contributed by atoms with E-state index in [0.29, 0.717) is 11.5 Å². The summed E-state index contributed by atoms with van der Waals surface area (Å²) in [7, 11) is 0. The molecule has 1 aromatic heterocycles. The number of thioether (sulfide) groups is 1. The fraction of sp³-hybridized carbons (Fsp3) is 0.273. The zero-order chi connectivity index (χ0) is 19.9. The highest BCUT2D eigenvalue weighted by Crippen LogP contribution is 2.31. The number of amides is 1. The summed E-state index contributed by atoms with van der Waals surface area (Å²) in [6.45, 7) is 8.28. The lowest BCUT2D eigenvalue weighted by Gasteiger charge is -2.12. The average molecular weight is 412 g/mol. The summed E-state index contributed by atoms with van der Waals surface area (Å²) in [5.41, 5.74) is 9.27. The van der Waals surface area contributed by atoms with Gasteiger partial charge in [-0.05, 0) is 48.6 Å². The van der Waals surface area contributed by atoms with Crippen LogP contribution in [0.3, 0.4) is 0 Å². The lowest BCUT2D eigenvalue weighted by molar-refractivity contribution is 0.0938. The normalized spacial score (nSPS) is 11.0. The number of allylic oxidation sites excluding steroid dienone is 1. The van der Waals surface area contributed by atoms with E-state index in [-0.39, 0.29) is 5.91 Å². The van der Waals surface area contributed by atoms with Gasteiger partial charge in [-0.15, -0.1) is 11.3 Å². The number of carbonyl (C=O) groups excluding carboxylic acids is 1. The van der Waals surface area contributed by atoms with Crippen molar-refractivity contribution in [2.75, 3.05) is 0 Å². The molecule has 0 bridgehead atoms. The molecule has 3 aromatic rings. The quantitative estimate of drug-likeness (QED) is 0.346. The molecule has 0 atom stereocenters. The van der Waals surface area contributed by atoms with Gasteiger partial charge < -0.3 is 5.43 Å². The predicted octanol–water partition coefficient (Wildman–Crippen LogP) is 5.77. The number of rotatable bonds is 9. The number of thiazole rings is 1. The predicted molar refractivity (Wildman–Crippen MR) is 119 cm³/mol. The van der Waals surface area contributed by atoms with Gasteiger partial charge in [0.15, 0.2) is 4.34 Å². The van der Waals surface area contributed by atoms with Crippen molar-refractivity contribution in [2.24, 2.45) is 5.92 Å². The van der Waals surface area contributed by atoms with Crippen LogP contribution < -0.4 is 10.9 Å². The van der Waals surface area contributed by atoms with Crippen LogP contribution in [-0.4, -0.2) is 10.9 Å². The van der Waals surface area contributed by atoms with Crippen LogP contribution in [0.2, 0.25) is 0 Å². The summed E-state index contributed by atoms with van der Waals surface area (Å²) in [5.74, 6) is 1.28. The molecule has 0 fully saturated rings. The molecular weight excluding hydrogens is 386 g/mol. The highest BCUT2D eigenvalue weighted by Gasteiger charge is 2.07. The zero-order valence-corrected chi connectivity index (χ0v) is 17.8. The molecule has 2 aromatic carbocycles. The van der Waals surface area contributed by atoms with Gasteiger partial charge in [-0.3, -0.25) is 10.2 Å². The molecule has 1 amide bonds. The van der Waals surface area contributed by atoms with Crippen LogP contribution in [0.4, 0.5) is 0 Å². The number of aromatic nitrogens is 1. The number of hydrogen-bond acceptors (Lipinski definition) is 5. The molecule has 146 valence electrons. The van der Waals surface area contributed by atoms with E-state index in [2.05, 4.69) is 42.3 Å². The summed E-state index contributed by atoms with van der Waals surface area (Å²) in [5, 5.41) is 0. The van der Waals surface area contributed by atoms with Crippen molar-refractivity contribution in [3.05, 3.63) is 71.9 Å². The lowest BCUT2D eigenvalue weighted by Crippen LogP contribution is -2.36. The average Bonchev–Trinajstić information content (AvgIpc) is 3.12. The first-order valence-corrected chi connectivity index (χ1v) is 11.1. The topological polar surface area (TPSA) is 54.0 Å². The molecule has 0 spiro atoms. The fourth-order valence-corrected chi connectivity index (χ4v) is 4.58. The van der Waals surface area contributed by atoms with Crippen LogP contribution >= 0.6 is 23.1 Å². The number of hydrogen-bond donors (Lipinski definition) is 2. The third kappa shape index (κ3) is 5.84. The van der Waals surface area contributed by atoms with E-state index in [1.54, 1.807) is 23.1 Å². The third-order valence-electron chi connectivity index (χ3n) is 4.23. The number of hydrazine groups is 1. The Labute approximate surface area is 174 Å². The molecule has 4 nitrogen and oxygen atoms in total. The molecule has 0 aliphatic heterocycles. The minimum absolute atomic E-state index is 0.156. The molecule has 0 saturated heterocycles. The van der Waals surface area contributed by atoms with Gasteiger partial charge in [-0.25, -0.2) is 4.98 Å². The molecule has 0 unspecified atom stereocenters. The Morgan fingerprint density at radius 2 is 1.89 bits per heavy atom. The smallest absolute Gasteiger partial charge is 0.269 e. The van der Waals surface area contributed by atoms with Crippen LogP contribution in [0, 0.1) is 5.92 Å². The second kappa shape index (κ2) is 9.75. The maximum absolute atomic E-state index is 12.2. The van der Waals surface area contributed by atoms with Crippen LogP contribution in [0.15, 0.2) is 65.1 Å².